The van der Waals surface area contributed by atoms with Gasteiger partial charge in [0.2, 0.25) is 0 Å². The fourth-order valence-corrected chi connectivity index (χ4v) is 4.84. The number of carbonyl (C=O) groups excluding carboxylic acids is 1. The van der Waals surface area contributed by atoms with Crippen LogP contribution in [0.1, 0.15) is 31.8 Å². The van der Waals surface area contributed by atoms with Gasteiger partial charge in [0.15, 0.2) is 11.5 Å². The number of amides is 1. The fourth-order valence-electron chi connectivity index (χ4n) is 4.84. The van der Waals surface area contributed by atoms with Crippen LogP contribution in [-0.2, 0) is 17.9 Å². The van der Waals surface area contributed by atoms with Crippen molar-refractivity contribution >= 4 is 23.3 Å². The smallest absolute Gasteiger partial charge is 0.337 e. The summed E-state index contributed by atoms with van der Waals surface area (Å²) in [5.41, 5.74) is 2.73. The second-order valence-corrected chi connectivity index (χ2v) is 9.73. The lowest BCUT2D eigenvalue weighted by Gasteiger charge is -2.31. The number of hydrogen-bond donors (Lipinski definition) is 1. The summed E-state index contributed by atoms with van der Waals surface area (Å²) in [5.74, 6) is -0.879. The lowest BCUT2D eigenvalue weighted by Crippen LogP contribution is -2.37. The standard InChI is InChI=1S/C33H31FN2O6/c1-40-31-19-23(11-14-30(31)42-22-25-9-5-6-10-28(25)34)21-36(32(37)24-7-3-2-4-8-24)26-12-13-29(27(20-26)33(38)39)35-15-17-41-18-16-35/h2-14,19-20H,15-18,21-22H2,1H3,(H,38,39). The molecule has 0 atom stereocenters. The number of morpholine rings is 1. The average Bonchev–Trinajstić information content (AvgIpc) is 3.03. The van der Waals surface area contributed by atoms with Crippen LogP contribution in [0.2, 0.25) is 0 Å². The quantitative estimate of drug-likeness (QED) is 0.258. The third-order valence-corrected chi connectivity index (χ3v) is 7.05. The average molecular weight is 571 g/mol. The van der Waals surface area contributed by atoms with Crippen molar-refractivity contribution in [3.63, 3.8) is 0 Å². The van der Waals surface area contributed by atoms with Gasteiger partial charge in [0.1, 0.15) is 12.4 Å². The van der Waals surface area contributed by atoms with Crippen molar-refractivity contribution < 1.29 is 33.3 Å². The van der Waals surface area contributed by atoms with Crippen LogP contribution in [0.3, 0.4) is 0 Å². The Labute approximate surface area is 243 Å². The van der Waals surface area contributed by atoms with E-state index in [1.54, 1.807) is 77.7 Å². The first-order valence-corrected chi connectivity index (χ1v) is 13.5. The van der Waals surface area contributed by atoms with Crippen LogP contribution in [0.4, 0.5) is 15.8 Å². The number of benzene rings is 4. The molecule has 1 saturated heterocycles. The highest BCUT2D eigenvalue weighted by Crippen LogP contribution is 2.32. The van der Waals surface area contributed by atoms with E-state index in [-0.39, 0.29) is 30.4 Å². The van der Waals surface area contributed by atoms with Gasteiger partial charge in [-0.3, -0.25) is 4.79 Å². The molecule has 216 valence electrons. The minimum absolute atomic E-state index is 0.0223. The zero-order chi connectivity index (χ0) is 29.5. The maximum Gasteiger partial charge on any atom is 0.337 e. The number of carboxylic acids is 1. The van der Waals surface area contributed by atoms with Crippen LogP contribution < -0.4 is 19.3 Å². The molecule has 1 amide bonds. The number of hydrogen-bond acceptors (Lipinski definition) is 6. The number of methoxy groups -OCH3 is 1. The van der Waals surface area contributed by atoms with Gasteiger partial charge in [-0.05, 0) is 54.1 Å². The molecule has 8 nitrogen and oxygen atoms in total. The summed E-state index contributed by atoms with van der Waals surface area (Å²) < 4.78 is 30.9. The maximum atomic E-state index is 14.1. The molecule has 1 aliphatic heterocycles. The highest BCUT2D eigenvalue weighted by Gasteiger charge is 2.24. The van der Waals surface area contributed by atoms with Crippen molar-refractivity contribution in [1.29, 1.82) is 0 Å². The van der Waals surface area contributed by atoms with Gasteiger partial charge in [-0.25, -0.2) is 9.18 Å². The molecule has 5 rings (SSSR count). The number of nitrogens with zero attached hydrogens (tertiary/aromatic N) is 2. The van der Waals surface area contributed by atoms with E-state index in [1.807, 2.05) is 11.0 Å². The molecule has 0 radical (unpaired) electrons. The van der Waals surface area contributed by atoms with Gasteiger partial charge in [0, 0.05) is 29.9 Å². The van der Waals surface area contributed by atoms with Crippen molar-refractivity contribution in [2.75, 3.05) is 43.2 Å². The highest BCUT2D eigenvalue weighted by molar-refractivity contribution is 6.07. The summed E-state index contributed by atoms with van der Waals surface area (Å²) in [6.45, 7) is 2.35. The number of ether oxygens (including phenoxy) is 3. The van der Waals surface area contributed by atoms with Crippen LogP contribution in [-0.4, -0.2) is 50.4 Å². The summed E-state index contributed by atoms with van der Waals surface area (Å²) in [5, 5.41) is 10.1. The zero-order valence-corrected chi connectivity index (χ0v) is 23.2. The van der Waals surface area contributed by atoms with E-state index in [1.165, 1.54) is 19.2 Å². The molecule has 4 aromatic rings. The Hall–Kier alpha value is -4.89. The van der Waals surface area contributed by atoms with Crippen molar-refractivity contribution in [1.82, 2.24) is 0 Å². The first-order valence-electron chi connectivity index (χ1n) is 13.5. The van der Waals surface area contributed by atoms with Gasteiger partial charge in [-0.2, -0.15) is 0 Å². The Bertz CT molecular complexity index is 1560. The molecule has 0 aliphatic carbocycles. The van der Waals surface area contributed by atoms with E-state index in [0.29, 0.717) is 60.3 Å². The Balaban J connectivity index is 1.46. The number of aromatic carboxylic acids is 1. The van der Waals surface area contributed by atoms with Crippen LogP contribution in [0.15, 0.2) is 91.0 Å². The molecule has 0 spiro atoms. The second kappa shape index (κ2) is 13.2. The largest absolute Gasteiger partial charge is 0.493 e. The molecule has 4 aromatic carbocycles. The SMILES string of the molecule is COc1cc(CN(C(=O)c2ccccc2)c2ccc(N3CCOCC3)c(C(=O)O)c2)ccc1OCc1ccccc1F. The molecule has 0 bridgehead atoms. The number of rotatable bonds is 10. The molecule has 1 fully saturated rings. The van der Waals surface area contributed by atoms with E-state index in [4.69, 9.17) is 14.2 Å². The minimum Gasteiger partial charge on any atom is -0.493 e. The Morgan fingerprint density at radius 3 is 2.38 bits per heavy atom. The Morgan fingerprint density at radius 1 is 0.929 bits per heavy atom. The molecule has 1 aliphatic rings. The number of carboxylic acid groups (broad SMARTS) is 1. The van der Waals surface area contributed by atoms with E-state index in [0.717, 1.165) is 5.56 Å². The van der Waals surface area contributed by atoms with Gasteiger partial charge in [-0.15, -0.1) is 0 Å². The van der Waals surface area contributed by atoms with Crippen molar-refractivity contribution in [2.24, 2.45) is 0 Å². The topological polar surface area (TPSA) is 88.5 Å². The van der Waals surface area contributed by atoms with Crippen molar-refractivity contribution in [2.45, 2.75) is 13.2 Å². The van der Waals surface area contributed by atoms with E-state index >= 15 is 0 Å². The third-order valence-electron chi connectivity index (χ3n) is 7.05. The van der Waals surface area contributed by atoms with Crippen LogP contribution in [0, 0.1) is 5.82 Å². The molecule has 0 unspecified atom stereocenters. The van der Waals surface area contributed by atoms with E-state index in [2.05, 4.69) is 0 Å². The first-order chi connectivity index (χ1) is 20.4. The summed E-state index contributed by atoms with van der Waals surface area (Å²) >= 11 is 0. The molecule has 42 heavy (non-hydrogen) atoms. The number of halogens is 1. The van der Waals surface area contributed by atoms with Gasteiger partial charge in [-0.1, -0.05) is 42.5 Å². The molecule has 1 N–H and O–H groups in total. The lowest BCUT2D eigenvalue weighted by molar-refractivity contribution is 0.0695. The fraction of sp³-hybridized carbons (Fsp3) is 0.212. The van der Waals surface area contributed by atoms with E-state index < -0.39 is 5.97 Å². The summed E-state index contributed by atoms with van der Waals surface area (Å²) in [7, 11) is 1.51. The van der Waals surface area contributed by atoms with Crippen molar-refractivity contribution in [3.8, 4) is 11.5 Å². The summed E-state index contributed by atoms with van der Waals surface area (Å²) in [6, 6.07) is 25.5. The predicted molar refractivity (Wildman–Crippen MR) is 157 cm³/mol. The molecular weight excluding hydrogens is 539 g/mol. The van der Waals surface area contributed by atoms with Gasteiger partial charge >= 0.3 is 5.97 Å². The molecular formula is C33H31FN2O6. The second-order valence-electron chi connectivity index (χ2n) is 9.73. The van der Waals surface area contributed by atoms with Crippen LogP contribution in [0.25, 0.3) is 0 Å². The highest BCUT2D eigenvalue weighted by atomic mass is 19.1. The normalized spacial score (nSPS) is 13.0. The lowest BCUT2D eigenvalue weighted by atomic mass is 10.1. The van der Waals surface area contributed by atoms with Crippen LogP contribution in [0.5, 0.6) is 11.5 Å². The summed E-state index contributed by atoms with van der Waals surface area (Å²) in [6.07, 6.45) is 0. The van der Waals surface area contributed by atoms with Crippen LogP contribution >= 0.6 is 0 Å². The Morgan fingerprint density at radius 2 is 1.67 bits per heavy atom. The number of anilines is 2. The monoisotopic (exact) mass is 570 g/mol. The number of carbonyl (C=O) groups is 2. The molecule has 0 saturated carbocycles. The third kappa shape index (κ3) is 6.53. The molecule has 1 heterocycles. The maximum absolute atomic E-state index is 14.1. The molecule has 0 aromatic heterocycles. The zero-order valence-electron chi connectivity index (χ0n) is 23.2. The first kappa shape index (κ1) is 28.6. The van der Waals surface area contributed by atoms with Gasteiger partial charge < -0.3 is 29.1 Å². The van der Waals surface area contributed by atoms with Gasteiger partial charge in [0.25, 0.3) is 5.91 Å². The predicted octanol–water partition coefficient (Wildman–Crippen LogP) is 5.80. The summed E-state index contributed by atoms with van der Waals surface area (Å²) in [4.78, 5) is 29.6. The Kier molecular flexibility index (Phi) is 8.99. The van der Waals surface area contributed by atoms with E-state index in [9.17, 15) is 19.1 Å². The van der Waals surface area contributed by atoms with Gasteiger partial charge in [0.05, 0.1) is 38.1 Å². The minimum atomic E-state index is -1.08. The molecule has 9 heteroatoms. The van der Waals surface area contributed by atoms with Crippen molar-refractivity contribution in [3.05, 3.63) is 119 Å².